The molecule has 0 saturated carbocycles. The van der Waals surface area contributed by atoms with E-state index in [9.17, 15) is 4.79 Å². The molecule has 144 valence electrons. The molecule has 2 aromatic rings. The van der Waals surface area contributed by atoms with Crippen LogP contribution in [0.5, 0.6) is 5.75 Å². The number of amides is 1. The summed E-state index contributed by atoms with van der Waals surface area (Å²) < 4.78 is 10.9. The number of carbonyl (C=O) groups is 1. The normalized spacial score (nSPS) is 14.6. The van der Waals surface area contributed by atoms with Gasteiger partial charge >= 0.3 is 0 Å². The van der Waals surface area contributed by atoms with Crippen LogP contribution in [0.4, 0.5) is 11.5 Å². The van der Waals surface area contributed by atoms with Crippen molar-refractivity contribution < 1.29 is 14.3 Å². The van der Waals surface area contributed by atoms with Gasteiger partial charge in [0.2, 0.25) is 0 Å². The fourth-order valence-electron chi connectivity index (χ4n) is 2.78. The van der Waals surface area contributed by atoms with Crippen LogP contribution in [0.15, 0.2) is 36.7 Å². The quantitative estimate of drug-likeness (QED) is 0.730. The summed E-state index contributed by atoms with van der Waals surface area (Å²) in [4.78, 5) is 22.9. The van der Waals surface area contributed by atoms with E-state index in [-0.39, 0.29) is 5.91 Å². The predicted molar refractivity (Wildman–Crippen MR) is 103 cm³/mol. The van der Waals surface area contributed by atoms with Crippen molar-refractivity contribution in [2.45, 2.75) is 6.92 Å². The minimum Gasteiger partial charge on any atom is -0.492 e. The number of aromatic nitrogens is 2. The molecule has 2 N–H and O–H groups in total. The van der Waals surface area contributed by atoms with Gasteiger partial charge in [0.15, 0.2) is 0 Å². The van der Waals surface area contributed by atoms with E-state index in [0.29, 0.717) is 24.7 Å². The average Bonchev–Trinajstić information content (AvgIpc) is 2.71. The van der Waals surface area contributed by atoms with E-state index >= 15 is 0 Å². The Kier molecular flexibility index (Phi) is 6.95. The topological polar surface area (TPSA) is 88.6 Å². The molecule has 8 heteroatoms. The van der Waals surface area contributed by atoms with E-state index in [1.807, 2.05) is 31.2 Å². The van der Waals surface area contributed by atoms with Crippen LogP contribution < -0.4 is 15.4 Å². The lowest BCUT2D eigenvalue weighted by molar-refractivity contribution is 0.0383. The molecule has 0 unspecified atom stereocenters. The van der Waals surface area contributed by atoms with Crippen molar-refractivity contribution in [2.75, 3.05) is 51.3 Å². The Balaban J connectivity index is 1.57. The average molecular weight is 371 g/mol. The summed E-state index contributed by atoms with van der Waals surface area (Å²) in [6.45, 7) is 7.16. The highest BCUT2D eigenvalue weighted by Gasteiger charge is 2.12. The second kappa shape index (κ2) is 9.84. The molecule has 1 aliphatic rings. The molecule has 2 heterocycles. The third kappa shape index (κ3) is 5.63. The molecule has 1 fully saturated rings. The molecular weight excluding hydrogens is 346 g/mol. The van der Waals surface area contributed by atoms with Crippen LogP contribution in [0.3, 0.4) is 0 Å². The third-order valence-electron chi connectivity index (χ3n) is 4.17. The van der Waals surface area contributed by atoms with Crippen molar-refractivity contribution in [1.29, 1.82) is 0 Å². The zero-order valence-electron chi connectivity index (χ0n) is 15.5. The Bertz CT molecular complexity index is 750. The molecule has 8 nitrogen and oxygen atoms in total. The SMILES string of the molecule is CCOc1ccccc1Nc1cc(C(=O)NCCN2CCOCC2)ncn1. The molecule has 1 aliphatic heterocycles. The first-order valence-corrected chi connectivity index (χ1v) is 9.15. The molecule has 1 aromatic heterocycles. The van der Waals surface area contributed by atoms with Crippen molar-refractivity contribution in [3.05, 3.63) is 42.4 Å². The number of para-hydroxylation sites is 2. The lowest BCUT2D eigenvalue weighted by atomic mass is 10.3. The lowest BCUT2D eigenvalue weighted by Crippen LogP contribution is -2.41. The smallest absolute Gasteiger partial charge is 0.270 e. The summed E-state index contributed by atoms with van der Waals surface area (Å²) in [5.41, 5.74) is 1.11. The first-order chi connectivity index (χ1) is 13.3. The van der Waals surface area contributed by atoms with Gasteiger partial charge in [0.1, 0.15) is 23.6 Å². The van der Waals surface area contributed by atoms with E-state index in [0.717, 1.165) is 44.3 Å². The molecule has 0 bridgehead atoms. The summed E-state index contributed by atoms with van der Waals surface area (Å²) in [5, 5.41) is 6.09. The van der Waals surface area contributed by atoms with Gasteiger partial charge < -0.3 is 20.1 Å². The number of rotatable bonds is 8. The Morgan fingerprint density at radius 1 is 1.26 bits per heavy atom. The molecule has 1 aromatic carbocycles. The lowest BCUT2D eigenvalue weighted by Gasteiger charge is -2.26. The van der Waals surface area contributed by atoms with Gasteiger partial charge in [0.05, 0.1) is 25.5 Å². The number of carbonyl (C=O) groups excluding carboxylic acids is 1. The molecule has 0 aliphatic carbocycles. The summed E-state index contributed by atoms with van der Waals surface area (Å²) in [7, 11) is 0. The maximum absolute atomic E-state index is 12.4. The summed E-state index contributed by atoms with van der Waals surface area (Å²) in [6, 6.07) is 9.23. The van der Waals surface area contributed by atoms with Crippen LogP contribution >= 0.6 is 0 Å². The first kappa shape index (κ1) is 19.1. The van der Waals surface area contributed by atoms with Gasteiger partial charge in [-0.3, -0.25) is 9.69 Å². The number of nitrogens with zero attached hydrogens (tertiary/aromatic N) is 3. The van der Waals surface area contributed by atoms with Crippen LogP contribution in [-0.4, -0.2) is 66.8 Å². The fraction of sp³-hybridized carbons (Fsp3) is 0.421. The van der Waals surface area contributed by atoms with Crippen molar-refractivity contribution in [1.82, 2.24) is 20.2 Å². The Hall–Kier alpha value is -2.71. The highest BCUT2D eigenvalue weighted by atomic mass is 16.5. The van der Waals surface area contributed by atoms with Gasteiger partial charge in [-0.2, -0.15) is 0 Å². The molecule has 1 saturated heterocycles. The number of anilines is 2. The van der Waals surface area contributed by atoms with Gasteiger partial charge in [-0.05, 0) is 19.1 Å². The van der Waals surface area contributed by atoms with Gasteiger partial charge in [0, 0.05) is 32.2 Å². The van der Waals surface area contributed by atoms with Crippen molar-refractivity contribution in [3.63, 3.8) is 0 Å². The molecule has 27 heavy (non-hydrogen) atoms. The largest absolute Gasteiger partial charge is 0.492 e. The Morgan fingerprint density at radius 2 is 2.07 bits per heavy atom. The van der Waals surface area contributed by atoms with Crippen LogP contribution in [0.25, 0.3) is 0 Å². The van der Waals surface area contributed by atoms with Crippen LogP contribution in [0, 0.1) is 0 Å². The molecular formula is C19H25N5O3. The molecule has 3 rings (SSSR count). The zero-order chi connectivity index (χ0) is 18.9. The van der Waals surface area contributed by atoms with Crippen LogP contribution in [-0.2, 0) is 4.74 Å². The minimum atomic E-state index is -0.216. The second-order valence-electron chi connectivity index (χ2n) is 6.05. The fourth-order valence-corrected chi connectivity index (χ4v) is 2.78. The number of morpholine rings is 1. The maximum atomic E-state index is 12.4. The highest BCUT2D eigenvalue weighted by Crippen LogP contribution is 2.26. The number of hydrogen-bond donors (Lipinski definition) is 2. The molecule has 0 radical (unpaired) electrons. The van der Waals surface area contributed by atoms with E-state index in [1.165, 1.54) is 6.33 Å². The van der Waals surface area contributed by atoms with E-state index in [1.54, 1.807) is 6.07 Å². The Morgan fingerprint density at radius 3 is 2.89 bits per heavy atom. The predicted octanol–water partition coefficient (Wildman–Crippen LogP) is 1.68. The summed E-state index contributed by atoms with van der Waals surface area (Å²) in [5.74, 6) is 1.05. The third-order valence-corrected chi connectivity index (χ3v) is 4.17. The Labute approximate surface area is 158 Å². The van der Waals surface area contributed by atoms with Gasteiger partial charge in [-0.25, -0.2) is 9.97 Å². The molecule has 0 spiro atoms. The van der Waals surface area contributed by atoms with Gasteiger partial charge in [-0.15, -0.1) is 0 Å². The number of benzene rings is 1. The van der Waals surface area contributed by atoms with Crippen LogP contribution in [0.1, 0.15) is 17.4 Å². The van der Waals surface area contributed by atoms with Crippen LogP contribution in [0.2, 0.25) is 0 Å². The summed E-state index contributed by atoms with van der Waals surface area (Å²) >= 11 is 0. The number of ether oxygens (including phenoxy) is 2. The van der Waals surface area contributed by atoms with E-state index in [2.05, 4.69) is 25.5 Å². The number of nitrogens with one attached hydrogen (secondary N) is 2. The monoisotopic (exact) mass is 371 g/mol. The van der Waals surface area contributed by atoms with Crippen molar-refractivity contribution in [3.8, 4) is 5.75 Å². The maximum Gasteiger partial charge on any atom is 0.270 e. The second-order valence-corrected chi connectivity index (χ2v) is 6.05. The highest BCUT2D eigenvalue weighted by molar-refractivity contribution is 5.93. The van der Waals surface area contributed by atoms with Gasteiger partial charge in [0.25, 0.3) is 5.91 Å². The van der Waals surface area contributed by atoms with E-state index < -0.39 is 0 Å². The van der Waals surface area contributed by atoms with E-state index in [4.69, 9.17) is 9.47 Å². The zero-order valence-corrected chi connectivity index (χ0v) is 15.5. The minimum absolute atomic E-state index is 0.216. The molecule has 1 amide bonds. The van der Waals surface area contributed by atoms with Gasteiger partial charge in [-0.1, -0.05) is 12.1 Å². The number of hydrogen-bond acceptors (Lipinski definition) is 7. The van der Waals surface area contributed by atoms with Crippen molar-refractivity contribution in [2.24, 2.45) is 0 Å². The standard InChI is InChI=1S/C19H25N5O3/c1-2-27-17-6-4-3-5-15(17)23-18-13-16(21-14-22-18)19(25)20-7-8-24-9-11-26-12-10-24/h3-6,13-14H,2,7-12H2,1H3,(H,20,25)(H,21,22,23). The van der Waals surface area contributed by atoms with Crippen molar-refractivity contribution >= 4 is 17.4 Å². The first-order valence-electron chi connectivity index (χ1n) is 9.15. The molecule has 0 atom stereocenters. The summed E-state index contributed by atoms with van der Waals surface area (Å²) in [6.07, 6.45) is 1.38.